The molecule has 1 rings (SSSR count). The maximum absolute atomic E-state index is 3.57. The van der Waals surface area contributed by atoms with E-state index in [9.17, 15) is 0 Å². The fraction of sp³-hybridized carbons (Fsp3) is 1.00. The fourth-order valence-corrected chi connectivity index (χ4v) is 3.98. The van der Waals surface area contributed by atoms with Gasteiger partial charge >= 0.3 is 0 Å². The average molecular weight is 272 g/mol. The average Bonchev–Trinajstić information content (AvgIpc) is 2.33. The van der Waals surface area contributed by atoms with Gasteiger partial charge in [0.25, 0.3) is 0 Å². The smallest absolute Gasteiger partial charge is 0.00180 e. The molecule has 2 unspecified atom stereocenters. The zero-order valence-corrected chi connectivity index (χ0v) is 13.7. The number of hydrogen-bond donors (Lipinski definition) is 1. The first-order valence-electron chi connectivity index (χ1n) is 7.87. The molecule has 108 valence electrons. The Labute approximate surface area is 119 Å². The summed E-state index contributed by atoms with van der Waals surface area (Å²) in [7, 11) is 0. The topological polar surface area (TPSA) is 12.0 Å². The number of rotatable bonds is 8. The van der Waals surface area contributed by atoms with Gasteiger partial charge in [-0.3, -0.25) is 0 Å². The molecule has 18 heavy (non-hydrogen) atoms. The molecule has 2 atom stereocenters. The van der Waals surface area contributed by atoms with Crippen molar-refractivity contribution in [1.29, 1.82) is 0 Å². The summed E-state index contributed by atoms with van der Waals surface area (Å²) < 4.78 is 0. The summed E-state index contributed by atoms with van der Waals surface area (Å²) >= 11 is 2.10. The standard InChI is InChI=1S/C16H33NS/c1-5-17-13-15-9-10-16(3,4)12-14(15)8-7-11-18-6-2/h14-15,17H,5-13H2,1-4H3. The van der Waals surface area contributed by atoms with E-state index in [0.717, 1.165) is 18.4 Å². The van der Waals surface area contributed by atoms with Gasteiger partial charge in [0, 0.05) is 0 Å². The van der Waals surface area contributed by atoms with Crippen LogP contribution in [-0.2, 0) is 0 Å². The first-order chi connectivity index (χ1) is 8.59. The van der Waals surface area contributed by atoms with Crippen LogP contribution in [0, 0.1) is 17.3 Å². The van der Waals surface area contributed by atoms with E-state index in [4.69, 9.17) is 0 Å². The van der Waals surface area contributed by atoms with Crippen molar-refractivity contribution >= 4 is 11.8 Å². The summed E-state index contributed by atoms with van der Waals surface area (Å²) in [6.45, 7) is 11.8. The normalized spacial score (nSPS) is 27.3. The van der Waals surface area contributed by atoms with Crippen LogP contribution in [-0.4, -0.2) is 24.6 Å². The third-order valence-corrected chi connectivity index (χ3v) is 5.38. The predicted octanol–water partition coefficient (Wildman–Crippen LogP) is 4.57. The Morgan fingerprint density at radius 1 is 1.22 bits per heavy atom. The monoisotopic (exact) mass is 271 g/mol. The zero-order chi connectivity index (χ0) is 13.4. The number of hydrogen-bond acceptors (Lipinski definition) is 2. The summed E-state index contributed by atoms with van der Waals surface area (Å²) in [5.74, 6) is 4.54. The first kappa shape index (κ1) is 16.4. The molecular weight excluding hydrogens is 238 g/mol. The second-order valence-corrected chi connectivity index (χ2v) is 7.97. The van der Waals surface area contributed by atoms with Crippen LogP contribution >= 0.6 is 11.8 Å². The van der Waals surface area contributed by atoms with Crippen molar-refractivity contribution in [3.63, 3.8) is 0 Å². The van der Waals surface area contributed by atoms with Gasteiger partial charge in [0.15, 0.2) is 0 Å². The summed E-state index contributed by atoms with van der Waals surface area (Å²) in [4.78, 5) is 0. The van der Waals surface area contributed by atoms with Crippen LogP contribution in [0.15, 0.2) is 0 Å². The molecule has 0 spiro atoms. The molecule has 0 amide bonds. The van der Waals surface area contributed by atoms with E-state index in [-0.39, 0.29) is 0 Å². The first-order valence-corrected chi connectivity index (χ1v) is 9.03. The Kier molecular flexibility index (Phi) is 7.70. The predicted molar refractivity (Wildman–Crippen MR) is 85.4 cm³/mol. The molecule has 0 aromatic carbocycles. The SMILES string of the molecule is CCNCC1CCC(C)(C)CC1CCCSCC. The minimum atomic E-state index is 0.589. The lowest BCUT2D eigenvalue weighted by Crippen LogP contribution is -2.36. The molecule has 0 aromatic heterocycles. The molecule has 2 heteroatoms. The van der Waals surface area contributed by atoms with E-state index in [2.05, 4.69) is 44.8 Å². The molecule has 1 saturated carbocycles. The van der Waals surface area contributed by atoms with E-state index in [1.807, 2.05) is 0 Å². The lowest BCUT2D eigenvalue weighted by Gasteiger charge is -2.41. The Morgan fingerprint density at radius 3 is 2.67 bits per heavy atom. The summed E-state index contributed by atoms with van der Waals surface area (Å²) in [5.41, 5.74) is 0.589. The van der Waals surface area contributed by atoms with Crippen molar-refractivity contribution in [2.75, 3.05) is 24.6 Å². The van der Waals surface area contributed by atoms with Crippen molar-refractivity contribution in [2.24, 2.45) is 17.3 Å². The minimum absolute atomic E-state index is 0.589. The molecule has 0 aromatic rings. The van der Waals surface area contributed by atoms with Gasteiger partial charge in [-0.25, -0.2) is 0 Å². The van der Waals surface area contributed by atoms with Gasteiger partial charge < -0.3 is 5.32 Å². The molecule has 0 radical (unpaired) electrons. The van der Waals surface area contributed by atoms with Crippen LogP contribution < -0.4 is 5.32 Å². The summed E-state index contributed by atoms with van der Waals surface area (Å²) in [6.07, 6.45) is 7.17. The number of nitrogens with one attached hydrogen (secondary N) is 1. The van der Waals surface area contributed by atoms with Gasteiger partial charge in [0.2, 0.25) is 0 Å². The summed E-state index contributed by atoms with van der Waals surface area (Å²) in [6, 6.07) is 0. The van der Waals surface area contributed by atoms with Crippen LogP contribution in [0.5, 0.6) is 0 Å². The van der Waals surface area contributed by atoms with Crippen molar-refractivity contribution in [1.82, 2.24) is 5.32 Å². The Bertz CT molecular complexity index is 215. The van der Waals surface area contributed by atoms with Gasteiger partial charge in [-0.2, -0.15) is 11.8 Å². The molecule has 0 heterocycles. The van der Waals surface area contributed by atoms with Crippen molar-refractivity contribution < 1.29 is 0 Å². The van der Waals surface area contributed by atoms with Gasteiger partial charge in [-0.15, -0.1) is 0 Å². The van der Waals surface area contributed by atoms with Crippen LogP contribution in [0.25, 0.3) is 0 Å². The maximum Gasteiger partial charge on any atom is -0.00180 e. The number of thioether (sulfide) groups is 1. The van der Waals surface area contributed by atoms with Crippen molar-refractivity contribution in [2.45, 2.75) is 59.8 Å². The lowest BCUT2D eigenvalue weighted by atomic mass is 9.66. The van der Waals surface area contributed by atoms with Crippen molar-refractivity contribution in [3.05, 3.63) is 0 Å². The van der Waals surface area contributed by atoms with Crippen LogP contribution in [0.2, 0.25) is 0 Å². The highest BCUT2D eigenvalue weighted by molar-refractivity contribution is 7.99. The Morgan fingerprint density at radius 2 is 2.00 bits per heavy atom. The van der Waals surface area contributed by atoms with E-state index >= 15 is 0 Å². The second kappa shape index (κ2) is 8.47. The fourth-order valence-electron chi connectivity index (χ4n) is 3.32. The summed E-state index contributed by atoms with van der Waals surface area (Å²) in [5, 5.41) is 3.57. The van der Waals surface area contributed by atoms with E-state index in [0.29, 0.717) is 5.41 Å². The highest BCUT2D eigenvalue weighted by atomic mass is 32.2. The van der Waals surface area contributed by atoms with Crippen LogP contribution in [0.4, 0.5) is 0 Å². The lowest BCUT2D eigenvalue weighted by molar-refractivity contribution is 0.110. The van der Waals surface area contributed by atoms with E-state index in [1.54, 1.807) is 0 Å². The molecule has 1 N–H and O–H groups in total. The molecule has 0 saturated heterocycles. The molecule has 1 aliphatic carbocycles. The van der Waals surface area contributed by atoms with Gasteiger partial charge in [-0.05, 0) is 74.0 Å². The van der Waals surface area contributed by atoms with Gasteiger partial charge in [0.05, 0.1) is 0 Å². The molecule has 1 aliphatic rings. The van der Waals surface area contributed by atoms with Gasteiger partial charge in [-0.1, -0.05) is 27.7 Å². The minimum Gasteiger partial charge on any atom is -0.317 e. The van der Waals surface area contributed by atoms with Gasteiger partial charge in [0.1, 0.15) is 0 Å². The maximum atomic E-state index is 3.57. The second-order valence-electron chi connectivity index (χ2n) is 6.57. The molecule has 0 aliphatic heterocycles. The quantitative estimate of drug-likeness (QED) is 0.649. The van der Waals surface area contributed by atoms with Crippen molar-refractivity contribution in [3.8, 4) is 0 Å². The highest BCUT2D eigenvalue weighted by Crippen LogP contribution is 2.43. The highest BCUT2D eigenvalue weighted by Gasteiger charge is 2.33. The zero-order valence-electron chi connectivity index (χ0n) is 12.9. The molecule has 1 fully saturated rings. The molecule has 0 bridgehead atoms. The van der Waals surface area contributed by atoms with E-state index in [1.165, 1.54) is 50.2 Å². The molecular formula is C16H33NS. The third kappa shape index (κ3) is 5.97. The van der Waals surface area contributed by atoms with E-state index < -0.39 is 0 Å². The Hall–Kier alpha value is 0.310. The third-order valence-electron chi connectivity index (χ3n) is 4.40. The largest absolute Gasteiger partial charge is 0.317 e. The molecule has 1 nitrogen and oxygen atoms in total. The Balaban J connectivity index is 2.38. The van der Waals surface area contributed by atoms with Crippen LogP contribution in [0.1, 0.15) is 59.8 Å². The van der Waals surface area contributed by atoms with Crippen LogP contribution in [0.3, 0.4) is 0 Å².